The Bertz CT molecular complexity index is 357. The summed E-state index contributed by atoms with van der Waals surface area (Å²) in [5.74, 6) is 0.556. The van der Waals surface area contributed by atoms with E-state index in [9.17, 15) is 4.79 Å². The quantitative estimate of drug-likeness (QED) is 0.734. The average molecular weight is 232 g/mol. The van der Waals surface area contributed by atoms with Gasteiger partial charge in [-0.1, -0.05) is 0 Å². The second kappa shape index (κ2) is 3.31. The van der Waals surface area contributed by atoms with Gasteiger partial charge >= 0.3 is 0 Å². The van der Waals surface area contributed by atoms with Gasteiger partial charge in [0.25, 0.3) is 0 Å². The van der Waals surface area contributed by atoms with Crippen LogP contribution in [0.5, 0.6) is 5.88 Å². The van der Waals surface area contributed by atoms with Gasteiger partial charge < -0.3 is 9.30 Å². The summed E-state index contributed by atoms with van der Waals surface area (Å²) in [4.78, 5) is 11.2. The van der Waals surface area contributed by atoms with Crippen molar-refractivity contribution in [1.82, 2.24) is 4.57 Å². The Kier molecular flexibility index (Phi) is 2.57. The number of halogens is 1. The van der Waals surface area contributed by atoms with Gasteiger partial charge in [-0.3, -0.25) is 4.79 Å². The topological polar surface area (TPSA) is 31.2 Å². The van der Waals surface area contributed by atoms with Crippen molar-refractivity contribution in [2.45, 2.75) is 6.92 Å². The maximum absolute atomic E-state index is 11.2. The van der Waals surface area contributed by atoms with E-state index in [1.165, 1.54) is 0 Å². The lowest BCUT2D eigenvalue weighted by Crippen LogP contribution is -2.11. The first-order valence-corrected chi connectivity index (χ1v) is 4.27. The van der Waals surface area contributed by atoms with Gasteiger partial charge in [0.05, 0.1) is 7.11 Å². The zero-order chi connectivity index (χ0) is 9.30. The zero-order valence-electron chi connectivity index (χ0n) is 7.22. The molecule has 0 amide bonds. The summed E-state index contributed by atoms with van der Waals surface area (Å²) in [6.45, 7) is 1.86. The Morgan fingerprint density at radius 2 is 2.17 bits per heavy atom. The monoisotopic (exact) mass is 231 g/mol. The second-order valence-corrected chi connectivity index (χ2v) is 3.33. The molecule has 12 heavy (non-hydrogen) atoms. The standard InChI is InChI=1S/C8H10BrNO2/c1-5-4-6(11)7(9)8(12-3)10(5)2/h4H,1-3H3. The number of pyridine rings is 1. The third-order valence-electron chi connectivity index (χ3n) is 1.77. The lowest BCUT2D eigenvalue weighted by Gasteiger charge is -2.11. The lowest BCUT2D eigenvalue weighted by molar-refractivity contribution is 0.372. The molecule has 3 nitrogen and oxygen atoms in total. The van der Waals surface area contributed by atoms with E-state index in [1.54, 1.807) is 13.2 Å². The summed E-state index contributed by atoms with van der Waals surface area (Å²) in [5.41, 5.74) is 0.822. The van der Waals surface area contributed by atoms with Crippen molar-refractivity contribution in [2.75, 3.05) is 7.11 Å². The smallest absolute Gasteiger partial charge is 0.211 e. The molecule has 0 unspecified atom stereocenters. The van der Waals surface area contributed by atoms with E-state index in [-0.39, 0.29) is 5.43 Å². The molecule has 0 radical (unpaired) electrons. The van der Waals surface area contributed by atoms with Crippen molar-refractivity contribution in [3.05, 3.63) is 26.5 Å². The summed E-state index contributed by atoms with van der Waals surface area (Å²) in [7, 11) is 3.39. The minimum Gasteiger partial charge on any atom is -0.481 e. The number of hydrogen-bond donors (Lipinski definition) is 0. The summed E-state index contributed by atoms with van der Waals surface area (Å²) in [6.07, 6.45) is 0. The van der Waals surface area contributed by atoms with Crippen LogP contribution in [0.3, 0.4) is 0 Å². The van der Waals surface area contributed by atoms with Gasteiger partial charge in [-0.25, -0.2) is 0 Å². The van der Waals surface area contributed by atoms with Gasteiger partial charge in [-0.2, -0.15) is 0 Å². The fourth-order valence-corrected chi connectivity index (χ4v) is 1.53. The highest BCUT2D eigenvalue weighted by Gasteiger charge is 2.08. The number of aryl methyl sites for hydroxylation is 1. The summed E-state index contributed by atoms with van der Waals surface area (Å²) in [5, 5.41) is 0. The van der Waals surface area contributed by atoms with Gasteiger partial charge in [0.2, 0.25) is 5.88 Å². The van der Waals surface area contributed by atoms with Crippen LogP contribution >= 0.6 is 15.9 Å². The molecular formula is C8H10BrNO2. The van der Waals surface area contributed by atoms with Crippen molar-refractivity contribution >= 4 is 15.9 Å². The highest BCUT2D eigenvalue weighted by Crippen LogP contribution is 2.20. The Morgan fingerprint density at radius 3 is 2.67 bits per heavy atom. The number of ether oxygens (including phenoxy) is 1. The van der Waals surface area contributed by atoms with Crippen LogP contribution in [0.15, 0.2) is 15.3 Å². The molecule has 0 aliphatic rings. The predicted octanol–water partition coefficient (Wildman–Crippen LogP) is 1.46. The van der Waals surface area contributed by atoms with Crippen LogP contribution in [0, 0.1) is 6.92 Å². The maximum atomic E-state index is 11.2. The molecule has 66 valence electrons. The SMILES string of the molecule is COc1c(Br)c(=O)cc(C)n1C. The molecule has 0 aliphatic carbocycles. The van der Waals surface area contributed by atoms with Crippen LogP contribution < -0.4 is 10.2 Å². The molecule has 0 fully saturated rings. The van der Waals surface area contributed by atoms with Gasteiger partial charge in [-0.05, 0) is 22.9 Å². The fraction of sp³-hybridized carbons (Fsp3) is 0.375. The van der Waals surface area contributed by atoms with Crippen molar-refractivity contribution in [3.8, 4) is 5.88 Å². The minimum absolute atomic E-state index is 0.0533. The molecule has 0 saturated carbocycles. The molecule has 0 saturated heterocycles. The third kappa shape index (κ3) is 1.39. The first-order chi connectivity index (χ1) is 5.57. The number of nitrogens with zero attached hydrogens (tertiary/aromatic N) is 1. The molecule has 0 N–H and O–H groups in total. The first-order valence-electron chi connectivity index (χ1n) is 3.48. The van der Waals surface area contributed by atoms with E-state index in [0.29, 0.717) is 10.4 Å². The van der Waals surface area contributed by atoms with E-state index in [2.05, 4.69) is 15.9 Å². The van der Waals surface area contributed by atoms with Crippen molar-refractivity contribution in [1.29, 1.82) is 0 Å². The van der Waals surface area contributed by atoms with Crippen LogP contribution in [0.4, 0.5) is 0 Å². The molecule has 0 bridgehead atoms. The van der Waals surface area contributed by atoms with Gasteiger partial charge in [-0.15, -0.1) is 0 Å². The van der Waals surface area contributed by atoms with Crippen molar-refractivity contribution in [3.63, 3.8) is 0 Å². The summed E-state index contributed by atoms with van der Waals surface area (Å²) < 4.78 is 7.33. The van der Waals surface area contributed by atoms with Gasteiger partial charge in [0.15, 0.2) is 5.43 Å². The predicted molar refractivity (Wildman–Crippen MR) is 50.7 cm³/mol. The fourth-order valence-electron chi connectivity index (χ4n) is 0.989. The third-order valence-corrected chi connectivity index (χ3v) is 2.50. The Labute approximate surface area is 79.1 Å². The van der Waals surface area contributed by atoms with E-state index >= 15 is 0 Å². The van der Waals surface area contributed by atoms with Gasteiger partial charge in [0.1, 0.15) is 4.47 Å². The zero-order valence-corrected chi connectivity index (χ0v) is 8.81. The Morgan fingerprint density at radius 1 is 1.58 bits per heavy atom. The lowest BCUT2D eigenvalue weighted by atomic mass is 10.3. The maximum Gasteiger partial charge on any atom is 0.211 e. The number of rotatable bonds is 1. The van der Waals surface area contributed by atoms with Crippen LogP contribution in [0.2, 0.25) is 0 Å². The summed E-state index contributed by atoms with van der Waals surface area (Å²) >= 11 is 3.17. The van der Waals surface area contributed by atoms with Crippen molar-refractivity contribution in [2.24, 2.45) is 7.05 Å². The van der Waals surface area contributed by atoms with E-state index in [4.69, 9.17) is 4.74 Å². The number of methoxy groups -OCH3 is 1. The second-order valence-electron chi connectivity index (χ2n) is 2.53. The molecule has 1 aromatic heterocycles. The number of aromatic nitrogens is 1. The van der Waals surface area contributed by atoms with Crippen molar-refractivity contribution < 1.29 is 4.74 Å². The molecule has 1 rings (SSSR count). The highest BCUT2D eigenvalue weighted by molar-refractivity contribution is 9.10. The Hall–Kier alpha value is -0.770. The molecule has 4 heteroatoms. The molecule has 0 aromatic carbocycles. The summed E-state index contributed by atoms with van der Waals surface area (Å²) in [6, 6.07) is 1.56. The van der Waals surface area contributed by atoms with Crippen LogP contribution in [0.25, 0.3) is 0 Å². The average Bonchev–Trinajstić information content (AvgIpc) is 2.02. The molecule has 1 heterocycles. The van der Waals surface area contributed by atoms with E-state index < -0.39 is 0 Å². The molecule has 0 spiro atoms. The molecule has 0 atom stereocenters. The largest absolute Gasteiger partial charge is 0.481 e. The van der Waals surface area contributed by atoms with Crippen LogP contribution in [0.1, 0.15) is 5.69 Å². The van der Waals surface area contributed by atoms with Crippen LogP contribution in [-0.4, -0.2) is 11.7 Å². The molecule has 1 aromatic rings. The van der Waals surface area contributed by atoms with Gasteiger partial charge in [0, 0.05) is 18.8 Å². The highest BCUT2D eigenvalue weighted by atomic mass is 79.9. The molecular weight excluding hydrogens is 222 g/mol. The Balaban J connectivity index is 3.53. The van der Waals surface area contributed by atoms with E-state index in [0.717, 1.165) is 5.69 Å². The van der Waals surface area contributed by atoms with E-state index in [1.807, 2.05) is 18.5 Å². The number of hydrogen-bond acceptors (Lipinski definition) is 2. The minimum atomic E-state index is -0.0533. The first kappa shape index (κ1) is 9.32. The van der Waals surface area contributed by atoms with Crippen LogP contribution in [-0.2, 0) is 7.05 Å². The normalized spacial score (nSPS) is 10.0. The molecule has 0 aliphatic heterocycles.